The summed E-state index contributed by atoms with van der Waals surface area (Å²) in [5, 5.41) is 10.5. The Labute approximate surface area is 290 Å². The average molecular weight is 671 g/mol. The second-order valence-corrected chi connectivity index (χ2v) is 18.4. The quantitative estimate of drug-likeness (QED) is 0.223. The fourth-order valence-electron chi connectivity index (χ4n) is 11.8. The van der Waals surface area contributed by atoms with E-state index in [0.717, 1.165) is 70.3 Å². The fourth-order valence-corrected chi connectivity index (χ4v) is 11.8. The van der Waals surface area contributed by atoms with Gasteiger partial charge in [-0.15, -0.1) is 0 Å². The van der Waals surface area contributed by atoms with E-state index in [0.29, 0.717) is 30.1 Å². The fraction of sp³-hybridized carbons (Fsp3) is 0.850. The van der Waals surface area contributed by atoms with Crippen LogP contribution in [0.15, 0.2) is 11.1 Å². The molecule has 0 spiro atoms. The zero-order valence-corrected chi connectivity index (χ0v) is 32.1. The number of amides is 1. The van der Waals surface area contributed by atoms with Crippen LogP contribution in [0.5, 0.6) is 0 Å². The van der Waals surface area contributed by atoms with E-state index in [2.05, 4.69) is 46.9 Å². The van der Waals surface area contributed by atoms with Gasteiger partial charge >= 0.3 is 5.97 Å². The molecule has 48 heavy (non-hydrogen) atoms. The van der Waals surface area contributed by atoms with Gasteiger partial charge in [0.2, 0.25) is 5.91 Å². The maximum Gasteiger partial charge on any atom is 0.307 e. The molecule has 0 aromatic heterocycles. The molecule has 8 unspecified atom stereocenters. The van der Waals surface area contributed by atoms with Crippen LogP contribution in [-0.4, -0.2) is 72.8 Å². The van der Waals surface area contributed by atoms with Gasteiger partial charge < -0.3 is 20.0 Å². The maximum absolute atomic E-state index is 13.7. The number of aldehydes is 1. The molecule has 2 N–H and O–H groups in total. The molecule has 5 aliphatic carbocycles. The van der Waals surface area contributed by atoms with Gasteiger partial charge in [-0.05, 0) is 124 Å². The summed E-state index contributed by atoms with van der Waals surface area (Å²) in [7, 11) is 4.86. The topological polar surface area (TPSA) is 113 Å². The van der Waals surface area contributed by atoms with Gasteiger partial charge in [0.05, 0.1) is 18.0 Å². The smallest absolute Gasteiger partial charge is 0.307 e. The highest BCUT2D eigenvalue weighted by molar-refractivity contribution is 6.02. The van der Waals surface area contributed by atoms with Gasteiger partial charge in [0.15, 0.2) is 5.78 Å². The summed E-state index contributed by atoms with van der Waals surface area (Å²) in [5.41, 5.74) is 1.14. The summed E-state index contributed by atoms with van der Waals surface area (Å²) in [4.78, 5) is 53.7. The van der Waals surface area contributed by atoms with Crippen LogP contribution in [0, 0.1) is 51.2 Å². The first-order valence-electron chi connectivity index (χ1n) is 18.6. The van der Waals surface area contributed by atoms with Gasteiger partial charge in [-0.2, -0.15) is 0 Å². The van der Waals surface area contributed by atoms with Gasteiger partial charge in [-0.25, -0.2) is 0 Å². The van der Waals surface area contributed by atoms with Gasteiger partial charge in [0.25, 0.3) is 0 Å². The lowest BCUT2D eigenvalue weighted by atomic mass is 9.37. The van der Waals surface area contributed by atoms with Crippen LogP contribution in [0.25, 0.3) is 0 Å². The van der Waals surface area contributed by atoms with E-state index < -0.39 is 11.0 Å². The van der Waals surface area contributed by atoms with E-state index in [1.807, 2.05) is 25.9 Å². The third kappa shape index (κ3) is 6.35. The number of esters is 1. The number of nitrogens with one attached hydrogen (secondary N) is 1. The van der Waals surface area contributed by atoms with Crippen molar-refractivity contribution in [3.8, 4) is 0 Å². The van der Waals surface area contributed by atoms with Crippen molar-refractivity contribution >= 4 is 23.9 Å². The van der Waals surface area contributed by atoms with Crippen molar-refractivity contribution in [2.75, 3.05) is 21.2 Å². The molecule has 272 valence electrons. The highest BCUT2D eigenvalue weighted by atomic mass is 16.5. The van der Waals surface area contributed by atoms with Crippen LogP contribution in [0.1, 0.15) is 127 Å². The second kappa shape index (κ2) is 13.6. The Balaban J connectivity index is 0.00000255. The summed E-state index contributed by atoms with van der Waals surface area (Å²) in [5.74, 6) is 1.92. The van der Waals surface area contributed by atoms with E-state index in [-0.39, 0.29) is 58.4 Å². The predicted molar refractivity (Wildman–Crippen MR) is 189 cm³/mol. The van der Waals surface area contributed by atoms with Gasteiger partial charge in [0.1, 0.15) is 12.4 Å². The van der Waals surface area contributed by atoms with E-state index in [1.54, 1.807) is 13.8 Å². The van der Waals surface area contributed by atoms with Crippen molar-refractivity contribution in [2.45, 2.75) is 144 Å². The minimum Gasteiger partial charge on any atom is -0.462 e. The molecule has 8 nitrogen and oxygen atoms in total. The standard InChI is InChI=1S/C39H62N2O5.CH4O/c1-23(2)32-27(43)20-39(40-34(45)24(3)41(10)11)19-14-26-25(33(32)39)12-13-29-37(26,8)17-15-28-36(6,7)30(16-18-38(28,29)9)46-31(44)21-35(4,5)22-42;1-2/h22-26,28-30H,12-21H2,1-11H3,(H,40,45);2H,1H3/t24?,25?,26?,28?,29?,30?,37?,38?,39-;/m1./s1. The molecule has 0 aromatic carbocycles. The van der Waals surface area contributed by atoms with Crippen LogP contribution in [0.4, 0.5) is 0 Å². The number of ether oxygens (including phenoxy) is 1. The largest absolute Gasteiger partial charge is 0.462 e. The highest BCUT2D eigenvalue weighted by Gasteiger charge is 2.67. The molecule has 0 aromatic rings. The van der Waals surface area contributed by atoms with Crippen LogP contribution in [-0.2, 0) is 23.9 Å². The number of Topliss-reactive ketones (excluding diaryl/α,β-unsaturated/α-hetero) is 1. The Bertz CT molecular complexity index is 1300. The predicted octanol–water partition coefficient (Wildman–Crippen LogP) is 6.53. The van der Waals surface area contributed by atoms with Gasteiger partial charge in [-0.3, -0.25) is 19.3 Å². The minimum atomic E-state index is -0.713. The van der Waals surface area contributed by atoms with Crippen molar-refractivity contribution in [2.24, 2.45) is 51.2 Å². The Morgan fingerprint density at radius 2 is 1.58 bits per heavy atom. The zero-order valence-electron chi connectivity index (χ0n) is 32.1. The molecule has 0 radical (unpaired) electrons. The van der Waals surface area contributed by atoms with Crippen LogP contribution < -0.4 is 5.32 Å². The van der Waals surface area contributed by atoms with Crippen molar-refractivity contribution in [1.82, 2.24) is 10.2 Å². The number of ketones is 1. The number of nitrogens with zero attached hydrogens (tertiary/aromatic N) is 1. The lowest BCUT2D eigenvalue weighted by Crippen LogP contribution is -2.64. The third-order valence-electron chi connectivity index (χ3n) is 14.2. The molecule has 0 aliphatic heterocycles. The molecule has 0 heterocycles. The number of aliphatic hydroxyl groups is 1. The van der Waals surface area contributed by atoms with Gasteiger partial charge in [0, 0.05) is 24.4 Å². The number of fused-ring (bicyclic) bond motifs is 7. The van der Waals surface area contributed by atoms with E-state index in [4.69, 9.17) is 9.84 Å². The summed E-state index contributed by atoms with van der Waals surface area (Å²) in [6.45, 7) is 19.5. The van der Waals surface area contributed by atoms with Crippen molar-refractivity contribution in [3.05, 3.63) is 11.1 Å². The first-order valence-corrected chi connectivity index (χ1v) is 18.6. The van der Waals surface area contributed by atoms with Gasteiger partial charge in [-0.1, -0.05) is 55.4 Å². The second-order valence-electron chi connectivity index (χ2n) is 18.4. The number of carbonyl (C=O) groups is 4. The highest BCUT2D eigenvalue weighted by Crippen LogP contribution is 2.72. The number of hydrogen-bond acceptors (Lipinski definition) is 7. The van der Waals surface area contributed by atoms with E-state index >= 15 is 0 Å². The first kappa shape index (κ1) is 38.7. The van der Waals surface area contributed by atoms with Crippen molar-refractivity contribution < 1.29 is 29.0 Å². The molecule has 5 aliphatic rings. The normalized spacial score (nSPS) is 37.7. The summed E-state index contributed by atoms with van der Waals surface area (Å²) in [6, 6.07) is -0.260. The number of rotatable bonds is 8. The molecule has 0 bridgehead atoms. The molecular weight excluding hydrogens is 604 g/mol. The first-order chi connectivity index (χ1) is 22.2. The summed E-state index contributed by atoms with van der Waals surface area (Å²) in [6.07, 6.45) is 9.41. The molecule has 8 heteroatoms. The van der Waals surface area contributed by atoms with Crippen molar-refractivity contribution in [1.29, 1.82) is 0 Å². The summed E-state index contributed by atoms with van der Waals surface area (Å²) >= 11 is 0. The Hall–Kier alpha value is -2.06. The Morgan fingerprint density at radius 3 is 2.17 bits per heavy atom. The SMILES string of the molecule is CC(C)C1=C2C3CCC4C(C)(CCC5C(C)(C)C(OC(=O)CC(C)(C)C=O)CCC54C)C3CC[C@@]2(NC(=O)C(C)N(C)C)CC1=O.CO. The lowest BCUT2D eigenvalue weighted by Gasteiger charge is -2.68. The number of allylic oxidation sites excluding steroid dienone is 1. The maximum atomic E-state index is 13.7. The third-order valence-corrected chi connectivity index (χ3v) is 14.2. The molecular formula is C40H66N2O6. The van der Waals surface area contributed by atoms with E-state index in [1.165, 1.54) is 5.57 Å². The summed E-state index contributed by atoms with van der Waals surface area (Å²) < 4.78 is 6.18. The molecule has 4 fully saturated rings. The number of carbonyl (C=O) groups excluding carboxylic acids is 4. The molecule has 5 rings (SSSR count). The average Bonchev–Trinajstić information content (AvgIpc) is 3.30. The van der Waals surface area contributed by atoms with Crippen LogP contribution in [0.3, 0.4) is 0 Å². The zero-order chi connectivity index (χ0) is 36.2. The Kier molecular flexibility index (Phi) is 11.0. The lowest BCUT2D eigenvalue weighted by molar-refractivity contribution is -0.213. The van der Waals surface area contributed by atoms with E-state index in [9.17, 15) is 19.2 Å². The van der Waals surface area contributed by atoms with Crippen molar-refractivity contribution in [3.63, 3.8) is 0 Å². The number of hydrogen-bond donors (Lipinski definition) is 2. The monoisotopic (exact) mass is 670 g/mol. The molecule has 4 saturated carbocycles. The Morgan fingerprint density at radius 1 is 0.958 bits per heavy atom. The number of aliphatic hydroxyl groups excluding tert-OH is 1. The molecule has 9 atom stereocenters. The van der Waals surface area contributed by atoms with Crippen LogP contribution in [0.2, 0.25) is 0 Å². The minimum absolute atomic E-state index is 0.0149. The molecule has 0 saturated heterocycles. The number of likely N-dealkylation sites (N-methyl/N-ethyl adjacent to an activating group) is 1. The van der Waals surface area contributed by atoms with Crippen LogP contribution >= 0.6 is 0 Å². The molecule has 1 amide bonds.